The Bertz CT molecular complexity index is 1010. The molecule has 3 fully saturated rings. The fraction of sp³-hybridized carbons (Fsp3) is 0.500. The van der Waals surface area contributed by atoms with Gasteiger partial charge in [-0.05, 0) is 35.6 Å². The number of aromatic nitrogens is 2. The van der Waals surface area contributed by atoms with Gasteiger partial charge >= 0.3 is 6.03 Å². The number of carbonyl (C=O) groups is 2. The van der Waals surface area contributed by atoms with Gasteiger partial charge in [0.05, 0.1) is 25.0 Å². The molecular formula is C22H25Cl2N5O3. The first kappa shape index (κ1) is 21.7. The molecule has 10 heteroatoms. The molecule has 0 radical (unpaired) electrons. The van der Waals surface area contributed by atoms with E-state index in [2.05, 4.69) is 10.00 Å². The lowest BCUT2D eigenvalue weighted by Crippen LogP contribution is -2.40. The molecule has 170 valence electrons. The number of amides is 2. The Kier molecular flexibility index (Phi) is 6.11. The summed E-state index contributed by atoms with van der Waals surface area (Å²) in [5.74, 6) is 0.727. The molecule has 8 nitrogen and oxygen atoms in total. The first-order valence-electron chi connectivity index (χ1n) is 10.8. The van der Waals surface area contributed by atoms with E-state index >= 15 is 0 Å². The highest BCUT2D eigenvalue weighted by molar-refractivity contribution is 6.33. The van der Waals surface area contributed by atoms with Crippen molar-refractivity contribution in [2.24, 2.45) is 11.8 Å². The smallest absolute Gasteiger partial charge is 0.344 e. The van der Waals surface area contributed by atoms with Crippen LogP contribution in [-0.2, 0) is 11.3 Å². The van der Waals surface area contributed by atoms with Crippen LogP contribution in [-0.4, -0.2) is 88.9 Å². The highest BCUT2D eigenvalue weighted by Crippen LogP contribution is 2.33. The molecule has 0 aliphatic carbocycles. The van der Waals surface area contributed by atoms with Crippen molar-refractivity contribution in [3.63, 3.8) is 0 Å². The minimum atomic E-state index is -0.176. The number of rotatable bonds is 3. The van der Waals surface area contributed by atoms with E-state index in [4.69, 9.17) is 27.9 Å². The molecule has 2 amide bonds. The van der Waals surface area contributed by atoms with E-state index in [1.54, 1.807) is 17.2 Å². The van der Waals surface area contributed by atoms with Gasteiger partial charge in [-0.25, -0.2) is 4.79 Å². The summed E-state index contributed by atoms with van der Waals surface area (Å²) < 4.78 is 6.58. The number of carbonyl (C=O) groups excluding carboxylic acids is 2. The molecule has 0 spiro atoms. The maximum absolute atomic E-state index is 13.0. The molecule has 3 aliphatic rings. The van der Waals surface area contributed by atoms with Crippen LogP contribution in [0.4, 0.5) is 4.79 Å². The molecule has 4 heterocycles. The Labute approximate surface area is 196 Å². The second kappa shape index (κ2) is 9.02. The van der Waals surface area contributed by atoms with E-state index < -0.39 is 0 Å². The molecule has 2 atom stereocenters. The third kappa shape index (κ3) is 4.37. The zero-order valence-electron chi connectivity index (χ0n) is 17.6. The quantitative estimate of drug-likeness (QED) is 0.679. The maximum atomic E-state index is 13.0. The van der Waals surface area contributed by atoms with Crippen molar-refractivity contribution < 1.29 is 14.3 Å². The van der Waals surface area contributed by atoms with Gasteiger partial charge in [0.25, 0.3) is 5.91 Å². The number of likely N-dealkylation sites (tertiary alicyclic amines) is 2. The van der Waals surface area contributed by atoms with Crippen LogP contribution < -0.4 is 0 Å². The summed E-state index contributed by atoms with van der Waals surface area (Å²) in [6.45, 7) is 6.16. The Morgan fingerprint density at radius 2 is 1.75 bits per heavy atom. The van der Waals surface area contributed by atoms with Crippen molar-refractivity contribution in [2.45, 2.75) is 6.54 Å². The van der Waals surface area contributed by atoms with E-state index in [-0.39, 0.29) is 11.9 Å². The fourth-order valence-corrected chi connectivity index (χ4v) is 5.28. The third-order valence-corrected chi connectivity index (χ3v) is 7.16. The largest absolute Gasteiger partial charge is 0.378 e. The van der Waals surface area contributed by atoms with Crippen molar-refractivity contribution in [1.29, 1.82) is 0 Å². The molecule has 0 saturated carbocycles. The Balaban J connectivity index is 1.17. The molecule has 1 aromatic heterocycles. The zero-order valence-corrected chi connectivity index (χ0v) is 19.1. The predicted octanol–water partition coefficient (Wildman–Crippen LogP) is 2.69. The van der Waals surface area contributed by atoms with Gasteiger partial charge in [0, 0.05) is 62.1 Å². The average molecular weight is 478 g/mol. The summed E-state index contributed by atoms with van der Waals surface area (Å²) in [6, 6.07) is 5.37. The van der Waals surface area contributed by atoms with E-state index in [0.29, 0.717) is 61.8 Å². The van der Waals surface area contributed by atoms with E-state index in [9.17, 15) is 9.59 Å². The molecule has 2 aromatic rings. The van der Waals surface area contributed by atoms with Gasteiger partial charge in [-0.1, -0.05) is 23.2 Å². The lowest BCUT2D eigenvalue weighted by molar-refractivity contribution is 0.0303. The molecule has 0 bridgehead atoms. The maximum Gasteiger partial charge on any atom is 0.344 e. The molecular weight excluding hydrogens is 453 g/mol. The summed E-state index contributed by atoms with van der Waals surface area (Å²) in [4.78, 5) is 31.5. The summed E-state index contributed by atoms with van der Waals surface area (Å²) in [5.41, 5.74) is 1.46. The Morgan fingerprint density at radius 1 is 1.03 bits per heavy atom. The van der Waals surface area contributed by atoms with Crippen LogP contribution in [0.1, 0.15) is 15.9 Å². The summed E-state index contributed by atoms with van der Waals surface area (Å²) in [7, 11) is 0. The lowest BCUT2D eigenvalue weighted by Gasteiger charge is -2.26. The fourth-order valence-electron chi connectivity index (χ4n) is 4.91. The number of fused-ring (bicyclic) bond motifs is 1. The van der Waals surface area contributed by atoms with Crippen LogP contribution in [0.15, 0.2) is 30.6 Å². The Morgan fingerprint density at radius 3 is 2.47 bits per heavy atom. The molecule has 2 unspecified atom stereocenters. The van der Waals surface area contributed by atoms with Gasteiger partial charge in [-0.2, -0.15) is 9.78 Å². The number of hydrogen-bond acceptors (Lipinski definition) is 5. The van der Waals surface area contributed by atoms with E-state index in [0.717, 1.165) is 30.2 Å². The second-order valence-corrected chi connectivity index (χ2v) is 9.56. The van der Waals surface area contributed by atoms with Gasteiger partial charge < -0.3 is 14.5 Å². The number of halogens is 2. The second-order valence-electron chi connectivity index (χ2n) is 8.72. The standard InChI is InChI=1S/C22H25Cl2N5O3/c23-19-1-2-20(24)15(7-19)9-26-10-17-12-28(13-18(17)11-26)22(31)29-14-16(8-25-29)21(30)27-3-5-32-6-4-27/h1-2,7-8,14,17-18H,3-6,9-13H2. The number of benzene rings is 1. The zero-order chi connectivity index (χ0) is 22.2. The average Bonchev–Trinajstić information content (AvgIpc) is 3.51. The Hall–Kier alpha value is -2.13. The highest BCUT2D eigenvalue weighted by Gasteiger charge is 2.42. The van der Waals surface area contributed by atoms with Crippen molar-refractivity contribution in [3.8, 4) is 0 Å². The third-order valence-electron chi connectivity index (χ3n) is 6.56. The summed E-state index contributed by atoms with van der Waals surface area (Å²) in [6.07, 6.45) is 3.02. The lowest BCUT2D eigenvalue weighted by atomic mass is 10.0. The first-order chi connectivity index (χ1) is 15.5. The van der Waals surface area contributed by atoms with Crippen LogP contribution in [0, 0.1) is 11.8 Å². The van der Waals surface area contributed by atoms with Crippen LogP contribution in [0.5, 0.6) is 0 Å². The molecule has 3 aliphatic heterocycles. The highest BCUT2D eigenvalue weighted by atomic mass is 35.5. The van der Waals surface area contributed by atoms with E-state index in [1.165, 1.54) is 10.9 Å². The summed E-state index contributed by atoms with van der Waals surface area (Å²) in [5, 5.41) is 5.58. The molecule has 1 aromatic carbocycles. The first-order valence-corrected chi connectivity index (χ1v) is 11.6. The molecule has 3 saturated heterocycles. The summed E-state index contributed by atoms with van der Waals surface area (Å²) >= 11 is 12.4. The normalized spacial score (nSPS) is 23.6. The number of hydrogen-bond donors (Lipinski definition) is 0. The number of morpholine rings is 1. The van der Waals surface area contributed by atoms with Crippen molar-refractivity contribution in [3.05, 3.63) is 51.8 Å². The van der Waals surface area contributed by atoms with Gasteiger partial charge in [-0.3, -0.25) is 9.69 Å². The van der Waals surface area contributed by atoms with Crippen LogP contribution in [0.2, 0.25) is 10.0 Å². The van der Waals surface area contributed by atoms with Gasteiger partial charge in [0.2, 0.25) is 0 Å². The van der Waals surface area contributed by atoms with Crippen molar-refractivity contribution in [1.82, 2.24) is 24.5 Å². The minimum absolute atomic E-state index is 0.110. The monoisotopic (exact) mass is 477 g/mol. The minimum Gasteiger partial charge on any atom is -0.378 e. The van der Waals surface area contributed by atoms with Crippen LogP contribution >= 0.6 is 23.2 Å². The van der Waals surface area contributed by atoms with E-state index in [1.807, 2.05) is 17.0 Å². The molecule has 5 rings (SSSR count). The van der Waals surface area contributed by atoms with Crippen LogP contribution in [0.25, 0.3) is 0 Å². The molecule has 32 heavy (non-hydrogen) atoms. The predicted molar refractivity (Wildman–Crippen MR) is 120 cm³/mol. The SMILES string of the molecule is O=C(c1cnn(C(=O)N2CC3CN(Cc4cc(Cl)ccc4Cl)CC3C2)c1)N1CCOCC1. The van der Waals surface area contributed by atoms with Crippen LogP contribution in [0.3, 0.4) is 0 Å². The van der Waals surface area contributed by atoms with Crippen molar-refractivity contribution >= 4 is 35.1 Å². The van der Waals surface area contributed by atoms with Gasteiger partial charge in [0.1, 0.15) is 0 Å². The topological polar surface area (TPSA) is 70.9 Å². The number of nitrogens with zero attached hydrogens (tertiary/aromatic N) is 5. The molecule has 0 N–H and O–H groups in total. The van der Waals surface area contributed by atoms with Crippen molar-refractivity contribution in [2.75, 3.05) is 52.5 Å². The van der Waals surface area contributed by atoms with Gasteiger partial charge in [0.15, 0.2) is 0 Å². The number of ether oxygens (including phenoxy) is 1. The van der Waals surface area contributed by atoms with Gasteiger partial charge in [-0.15, -0.1) is 0 Å².